The van der Waals surface area contributed by atoms with Crippen LogP contribution in [0.5, 0.6) is 0 Å². The van der Waals surface area contributed by atoms with Crippen LogP contribution in [0.3, 0.4) is 0 Å². The van der Waals surface area contributed by atoms with Gasteiger partial charge in [-0.25, -0.2) is 9.18 Å². The zero-order chi connectivity index (χ0) is 22.3. The van der Waals surface area contributed by atoms with Gasteiger partial charge in [-0.1, -0.05) is 41.6 Å². The highest BCUT2D eigenvalue weighted by Gasteiger charge is 2.33. The minimum absolute atomic E-state index is 0.106. The van der Waals surface area contributed by atoms with Crippen molar-refractivity contribution in [3.05, 3.63) is 77.7 Å². The van der Waals surface area contributed by atoms with E-state index >= 15 is 0 Å². The average molecular weight is 437 g/mol. The van der Waals surface area contributed by atoms with E-state index in [2.05, 4.69) is 20.8 Å². The monoisotopic (exact) mass is 437 g/mol. The third-order valence-corrected chi connectivity index (χ3v) is 5.27. The molecule has 2 heterocycles. The summed E-state index contributed by atoms with van der Waals surface area (Å²) < 4.78 is 18.7. The molecule has 3 amide bonds. The Morgan fingerprint density at radius 3 is 2.81 bits per heavy atom. The van der Waals surface area contributed by atoms with Gasteiger partial charge in [-0.05, 0) is 36.6 Å². The highest BCUT2D eigenvalue weighted by atomic mass is 19.1. The highest BCUT2D eigenvalue weighted by Crippen LogP contribution is 2.31. The zero-order valence-electron chi connectivity index (χ0n) is 17.5. The van der Waals surface area contributed by atoms with Crippen molar-refractivity contribution >= 4 is 17.6 Å². The number of nitrogens with one attached hydrogen (secondary N) is 2. The van der Waals surface area contributed by atoms with Crippen LogP contribution in [0.4, 0.5) is 14.9 Å². The van der Waals surface area contributed by atoms with Crippen LogP contribution in [-0.2, 0) is 17.8 Å². The molecule has 8 nitrogen and oxygen atoms in total. The lowest BCUT2D eigenvalue weighted by Gasteiger charge is -2.22. The quantitative estimate of drug-likeness (QED) is 0.585. The molecule has 9 heteroatoms. The standard InChI is InChI=1S/C23H24FN5O3/c24-17-8-4-9-18(14-17)26-23(31)29-13-5-10-19(29)22-27-21(32-28-22)12-11-20(30)25-15-16-6-2-1-3-7-16/h1-4,6-9,14,19H,5,10-13,15H2,(H,25,30)(H,26,31). The molecule has 1 aliphatic heterocycles. The molecule has 0 saturated carbocycles. The van der Waals surface area contributed by atoms with Crippen molar-refractivity contribution in [2.24, 2.45) is 0 Å². The lowest BCUT2D eigenvalue weighted by atomic mass is 10.2. The van der Waals surface area contributed by atoms with E-state index in [1.54, 1.807) is 11.0 Å². The summed E-state index contributed by atoms with van der Waals surface area (Å²) in [6, 6.07) is 14.7. The Labute approximate surface area is 184 Å². The minimum atomic E-state index is -0.420. The molecule has 1 aromatic heterocycles. The average Bonchev–Trinajstić information content (AvgIpc) is 3.46. The summed E-state index contributed by atoms with van der Waals surface area (Å²) in [6.07, 6.45) is 2.04. The number of hydrogen-bond acceptors (Lipinski definition) is 5. The van der Waals surface area contributed by atoms with Crippen LogP contribution in [0, 0.1) is 5.82 Å². The van der Waals surface area contributed by atoms with Gasteiger partial charge in [0.1, 0.15) is 5.82 Å². The van der Waals surface area contributed by atoms with E-state index < -0.39 is 5.82 Å². The molecule has 4 rings (SSSR count). The normalized spacial score (nSPS) is 15.5. The zero-order valence-corrected chi connectivity index (χ0v) is 17.5. The minimum Gasteiger partial charge on any atom is -0.352 e. The van der Waals surface area contributed by atoms with Gasteiger partial charge in [-0.15, -0.1) is 0 Å². The van der Waals surface area contributed by atoms with E-state index in [0.29, 0.717) is 43.3 Å². The number of carbonyl (C=O) groups is 2. The number of carbonyl (C=O) groups excluding carboxylic acids is 2. The molecule has 0 bridgehead atoms. The van der Waals surface area contributed by atoms with Crippen LogP contribution in [-0.4, -0.2) is 33.5 Å². The van der Waals surface area contributed by atoms with E-state index in [1.165, 1.54) is 18.2 Å². The summed E-state index contributed by atoms with van der Waals surface area (Å²) in [6.45, 7) is 1.00. The molecule has 0 aliphatic carbocycles. The van der Waals surface area contributed by atoms with Crippen molar-refractivity contribution in [3.8, 4) is 0 Å². The van der Waals surface area contributed by atoms with Crippen molar-refractivity contribution in [1.29, 1.82) is 0 Å². The van der Waals surface area contributed by atoms with Crippen molar-refractivity contribution in [1.82, 2.24) is 20.4 Å². The fraction of sp³-hybridized carbons (Fsp3) is 0.304. The third kappa shape index (κ3) is 5.48. The Morgan fingerprint density at radius 1 is 1.16 bits per heavy atom. The Balaban J connectivity index is 1.30. The summed E-state index contributed by atoms with van der Waals surface area (Å²) in [5.41, 5.74) is 1.41. The van der Waals surface area contributed by atoms with Crippen LogP contribution < -0.4 is 10.6 Å². The summed E-state index contributed by atoms with van der Waals surface area (Å²) in [7, 11) is 0. The first kappa shape index (κ1) is 21.5. The lowest BCUT2D eigenvalue weighted by molar-refractivity contribution is -0.121. The third-order valence-electron chi connectivity index (χ3n) is 5.27. The number of aryl methyl sites for hydroxylation is 1. The fourth-order valence-corrected chi connectivity index (χ4v) is 3.65. The molecule has 2 aromatic carbocycles. The van der Waals surface area contributed by atoms with E-state index in [4.69, 9.17) is 4.52 Å². The van der Waals surface area contributed by atoms with Crippen LogP contribution in [0.2, 0.25) is 0 Å². The number of aromatic nitrogens is 2. The molecule has 1 atom stereocenters. The van der Waals surface area contributed by atoms with E-state index in [0.717, 1.165) is 12.0 Å². The van der Waals surface area contributed by atoms with E-state index in [9.17, 15) is 14.0 Å². The number of likely N-dealkylation sites (tertiary alicyclic amines) is 1. The number of urea groups is 1. The van der Waals surface area contributed by atoms with Crippen molar-refractivity contribution in [3.63, 3.8) is 0 Å². The summed E-state index contributed by atoms with van der Waals surface area (Å²) in [5, 5.41) is 9.59. The van der Waals surface area contributed by atoms with Gasteiger partial charge in [0, 0.05) is 31.6 Å². The van der Waals surface area contributed by atoms with Gasteiger partial charge in [0.05, 0.1) is 6.04 Å². The maximum Gasteiger partial charge on any atom is 0.322 e. The first-order chi connectivity index (χ1) is 15.6. The lowest BCUT2D eigenvalue weighted by Crippen LogP contribution is -2.34. The molecule has 3 aromatic rings. The fourth-order valence-electron chi connectivity index (χ4n) is 3.65. The Bertz CT molecular complexity index is 1070. The molecule has 0 radical (unpaired) electrons. The van der Waals surface area contributed by atoms with E-state index in [1.807, 2.05) is 30.3 Å². The van der Waals surface area contributed by atoms with Crippen LogP contribution in [0.15, 0.2) is 59.1 Å². The summed E-state index contributed by atoms with van der Waals surface area (Å²) in [5.74, 6) is 0.241. The summed E-state index contributed by atoms with van der Waals surface area (Å²) >= 11 is 0. The molecular formula is C23H24FN5O3. The smallest absolute Gasteiger partial charge is 0.322 e. The molecule has 1 saturated heterocycles. The van der Waals surface area contributed by atoms with Gasteiger partial charge in [0.15, 0.2) is 5.82 Å². The van der Waals surface area contributed by atoms with Crippen molar-refractivity contribution in [2.45, 2.75) is 38.3 Å². The second-order valence-electron chi connectivity index (χ2n) is 7.60. The van der Waals surface area contributed by atoms with Gasteiger partial charge in [-0.2, -0.15) is 4.98 Å². The topological polar surface area (TPSA) is 100 Å². The van der Waals surface area contributed by atoms with Crippen LogP contribution >= 0.6 is 0 Å². The number of hydrogen-bond donors (Lipinski definition) is 2. The number of amides is 3. The molecule has 32 heavy (non-hydrogen) atoms. The van der Waals surface area contributed by atoms with Gasteiger partial charge in [0.2, 0.25) is 11.8 Å². The Kier molecular flexibility index (Phi) is 6.74. The molecule has 0 spiro atoms. The molecule has 1 fully saturated rings. The van der Waals surface area contributed by atoms with Crippen LogP contribution in [0.25, 0.3) is 0 Å². The van der Waals surface area contributed by atoms with Crippen LogP contribution in [0.1, 0.15) is 42.6 Å². The largest absolute Gasteiger partial charge is 0.352 e. The second-order valence-corrected chi connectivity index (χ2v) is 7.60. The molecule has 1 unspecified atom stereocenters. The maximum atomic E-state index is 13.4. The van der Waals surface area contributed by atoms with Gasteiger partial charge in [-0.3, -0.25) is 4.79 Å². The highest BCUT2D eigenvalue weighted by molar-refractivity contribution is 5.89. The number of benzene rings is 2. The molecule has 1 aliphatic rings. The predicted octanol–water partition coefficient (Wildman–Crippen LogP) is 3.83. The second kappa shape index (κ2) is 10.0. The number of nitrogens with zero attached hydrogens (tertiary/aromatic N) is 3. The van der Waals surface area contributed by atoms with Crippen molar-refractivity contribution < 1.29 is 18.5 Å². The number of anilines is 1. The van der Waals surface area contributed by atoms with E-state index in [-0.39, 0.29) is 24.4 Å². The van der Waals surface area contributed by atoms with Gasteiger partial charge < -0.3 is 20.1 Å². The SMILES string of the molecule is O=C(CCc1nc(C2CCCN2C(=O)Nc2cccc(F)c2)no1)NCc1ccccc1. The van der Waals surface area contributed by atoms with Gasteiger partial charge in [0.25, 0.3) is 0 Å². The first-order valence-corrected chi connectivity index (χ1v) is 10.5. The molecular weight excluding hydrogens is 413 g/mol. The predicted molar refractivity (Wildman–Crippen MR) is 115 cm³/mol. The number of rotatable bonds is 7. The first-order valence-electron chi connectivity index (χ1n) is 10.5. The Morgan fingerprint density at radius 2 is 2.00 bits per heavy atom. The van der Waals surface area contributed by atoms with Crippen molar-refractivity contribution in [2.75, 3.05) is 11.9 Å². The van der Waals surface area contributed by atoms with Gasteiger partial charge >= 0.3 is 6.03 Å². The molecule has 2 N–H and O–H groups in total. The Hall–Kier alpha value is -3.75. The molecule has 166 valence electrons. The summed E-state index contributed by atoms with van der Waals surface area (Å²) in [4.78, 5) is 30.8. The maximum absolute atomic E-state index is 13.4. The number of halogens is 1.